The molecular weight excluding hydrogens is 420 g/mol. The molecule has 0 spiro atoms. The number of piperazine rings is 1. The van der Waals surface area contributed by atoms with Crippen LogP contribution in [-0.4, -0.2) is 75.5 Å². The van der Waals surface area contributed by atoms with Crippen molar-refractivity contribution in [3.8, 4) is 5.69 Å². The lowest BCUT2D eigenvalue weighted by molar-refractivity contribution is -0.118. The summed E-state index contributed by atoms with van der Waals surface area (Å²) in [6, 6.07) is 18.8. The second-order valence-corrected chi connectivity index (χ2v) is 9.00. The van der Waals surface area contributed by atoms with Gasteiger partial charge in [0, 0.05) is 51.5 Å². The van der Waals surface area contributed by atoms with E-state index in [0.29, 0.717) is 12.3 Å². The maximum Gasteiger partial charge on any atom is 0.230 e. The van der Waals surface area contributed by atoms with Gasteiger partial charge in [-0.3, -0.25) is 19.2 Å². The zero-order valence-corrected chi connectivity index (χ0v) is 19.3. The van der Waals surface area contributed by atoms with E-state index in [1.807, 2.05) is 16.7 Å². The Kier molecular flexibility index (Phi) is 7.92. The van der Waals surface area contributed by atoms with Crippen molar-refractivity contribution < 1.29 is 4.79 Å². The molecule has 7 nitrogen and oxygen atoms in total. The Labute approximate surface area is 193 Å². The van der Waals surface area contributed by atoms with Gasteiger partial charge in [0.05, 0.1) is 5.75 Å². The summed E-state index contributed by atoms with van der Waals surface area (Å²) >= 11 is 1.41. The largest absolute Gasteiger partial charge is 0.354 e. The molecule has 0 saturated carbocycles. The molecule has 0 bridgehead atoms. The summed E-state index contributed by atoms with van der Waals surface area (Å²) < 4.78 is 1.91. The molecule has 2 heterocycles. The molecule has 1 N–H and O–H groups in total. The predicted molar refractivity (Wildman–Crippen MR) is 128 cm³/mol. The van der Waals surface area contributed by atoms with Crippen LogP contribution in [0.3, 0.4) is 0 Å². The van der Waals surface area contributed by atoms with Crippen molar-refractivity contribution in [1.29, 1.82) is 0 Å². The highest BCUT2D eigenvalue weighted by Crippen LogP contribution is 2.19. The van der Waals surface area contributed by atoms with Crippen LogP contribution >= 0.6 is 11.8 Å². The van der Waals surface area contributed by atoms with Gasteiger partial charge in [-0.05, 0) is 24.6 Å². The molecule has 0 aliphatic carbocycles. The smallest absolute Gasteiger partial charge is 0.230 e. The molecule has 168 valence electrons. The van der Waals surface area contributed by atoms with Gasteiger partial charge in [-0.25, -0.2) is 0 Å². The van der Waals surface area contributed by atoms with Gasteiger partial charge >= 0.3 is 0 Å². The fourth-order valence-corrected chi connectivity index (χ4v) is 4.51. The molecule has 0 unspecified atom stereocenters. The number of hydrogen-bond acceptors (Lipinski definition) is 6. The van der Waals surface area contributed by atoms with Crippen LogP contribution in [0.5, 0.6) is 0 Å². The molecule has 0 atom stereocenters. The van der Waals surface area contributed by atoms with Gasteiger partial charge in [-0.15, -0.1) is 10.2 Å². The van der Waals surface area contributed by atoms with Gasteiger partial charge in [0.1, 0.15) is 6.33 Å². The molecule has 2 aromatic carbocycles. The average molecular weight is 451 g/mol. The Bertz CT molecular complexity index is 983. The van der Waals surface area contributed by atoms with E-state index in [4.69, 9.17) is 0 Å². The van der Waals surface area contributed by atoms with E-state index in [1.54, 1.807) is 6.33 Å². The molecule has 32 heavy (non-hydrogen) atoms. The Morgan fingerprint density at radius 2 is 1.72 bits per heavy atom. The van der Waals surface area contributed by atoms with E-state index >= 15 is 0 Å². The lowest BCUT2D eigenvalue weighted by Gasteiger charge is -2.34. The van der Waals surface area contributed by atoms with Crippen LogP contribution in [0.1, 0.15) is 11.1 Å². The maximum atomic E-state index is 12.3. The third-order valence-corrected chi connectivity index (χ3v) is 6.57. The summed E-state index contributed by atoms with van der Waals surface area (Å²) in [4.78, 5) is 17.2. The number of nitrogens with one attached hydrogen (secondary N) is 1. The normalized spacial score (nSPS) is 15.0. The molecule has 8 heteroatoms. The van der Waals surface area contributed by atoms with Crippen LogP contribution < -0.4 is 5.32 Å². The Balaban J connectivity index is 1.14. The number of aryl methyl sites for hydroxylation is 1. The summed E-state index contributed by atoms with van der Waals surface area (Å²) in [6.07, 6.45) is 1.68. The van der Waals surface area contributed by atoms with Crippen LogP contribution in [0.25, 0.3) is 5.69 Å². The van der Waals surface area contributed by atoms with E-state index in [2.05, 4.69) is 74.7 Å². The van der Waals surface area contributed by atoms with Gasteiger partial charge < -0.3 is 5.32 Å². The lowest BCUT2D eigenvalue weighted by Crippen LogP contribution is -2.48. The molecule has 4 rings (SSSR count). The second-order valence-electron chi connectivity index (χ2n) is 8.06. The van der Waals surface area contributed by atoms with Crippen LogP contribution in [0.2, 0.25) is 0 Å². The highest BCUT2D eigenvalue weighted by atomic mass is 32.2. The zero-order valence-electron chi connectivity index (χ0n) is 18.5. The fraction of sp³-hybridized carbons (Fsp3) is 0.375. The van der Waals surface area contributed by atoms with Crippen molar-refractivity contribution in [3.05, 3.63) is 72.1 Å². The van der Waals surface area contributed by atoms with Crippen molar-refractivity contribution >= 4 is 17.7 Å². The number of carbonyl (C=O) groups excluding carboxylic acids is 1. The van der Waals surface area contributed by atoms with Crippen LogP contribution in [0, 0.1) is 6.92 Å². The minimum atomic E-state index is 0.0242. The third-order valence-electron chi connectivity index (χ3n) is 5.63. The lowest BCUT2D eigenvalue weighted by atomic mass is 10.2. The van der Waals surface area contributed by atoms with Crippen molar-refractivity contribution in [1.82, 2.24) is 29.9 Å². The topological polar surface area (TPSA) is 66.3 Å². The molecule has 1 amide bonds. The van der Waals surface area contributed by atoms with Crippen LogP contribution in [-0.2, 0) is 11.3 Å². The second kappa shape index (κ2) is 11.3. The summed E-state index contributed by atoms with van der Waals surface area (Å²) in [6.45, 7) is 8.82. The molecule has 3 aromatic rings. The summed E-state index contributed by atoms with van der Waals surface area (Å²) in [7, 11) is 0. The highest BCUT2D eigenvalue weighted by molar-refractivity contribution is 7.99. The van der Waals surface area contributed by atoms with E-state index in [9.17, 15) is 4.79 Å². The molecular formula is C24H30N6OS. The van der Waals surface area contributed by atoms with Crippen molar-refractivity contribution in [2.45, 2.75) is 18.6 Å². The minimum absolute atomic E-state index is 0.0242. The van der Waals surface area contributed by atoms with Crippen LogP contribution in [0.4, 0.5) is 0 Å². The summed E-state index contributed by atoms with van der Waals surface area (Å²) in [5.41, 5.74) is 3.56. The average Bonchev–Trinajstić information content (AvgIpc) is 3.29. The number of rotatable bonds is 9. The quantitative estimate of drug-likeness (QED) is 0.506. The van der Waals surface area contributed by atoms with Gasteiger partial charge in [0.2, 0.25) is 5.91 Å². The van der Waals surface area contributed by atoms with Gasteiger partial charge in [-0.2, -0.15) is 0 Å². The number of carbonyl (C=O) groups is 1. The van der Waals surface area contributed by atoms with E-state index in [0.717, 1.165) is 50.1 Å². The number of thioether (sulfide) groups is 1. The number of hydrogen-bond donors (Lipinski definition) is 1. The summed E-state index contributed by atoms with van der Waals surface area (Å²) in [5, 5.41) is 11.9. The predicted octanol–water partition coefficient (Wildman–Crippen LogP) is 2.60. The highest BCUT2D eigenvalue weighted by Gasteiger charge is 2.17. The Morgan fingerprint density at radius 1 is 1.00 bits per heavy atom. The monoisotopic (exact) mass is 450 g/mol. The third kappa shape index (κ3) is 6.41. The van der Waals surface area contributed by atoms with Crippen molar-refractivity contribution in [3.63, 3.8) is 0 Å². The number of benzene rings is 2. The number of aromatic nitrogens is 3. The SMILES string of the molecule is Cc1ccc(-n2cnnc2SCC(=O)NCCN2CCN(Cc3ccccc3)CC2)cc1. The first-order valence-corrected chi connectivity index (χ1v) is 12.0. The van der Waals surface area contributed by atoms with Gasteiger partial charge in [-0.1, -0.05) is 59.8 Å². The van der Waals surface area contributed by atoms with Crippen LogP contribution in [0.15, 0.2) is 66.1 Å². The van der Waals surface area contributed by atoms with E-state index < -0.39 is 0 Å². The van der Waals surface area contributed by atoms with Crippen molar-refractivity contribution in [2.75, 3.05) is 45.0 Å². The molecule has 0 radical (unpaired) electrons. The van der Waals surface area contributed by atoms with Crippen molar-refractivity contribution in [2.24, 2.45) is 0 Å². The first kappa shape index (κ1) is 22.5. The standard InChI is InChI=1S/C24H30N6OS/c1-20-7-9-22(10-8-20)30-19-26-27-24(30)32-18-23(31)25-11-12-28-13-15-29(16-14-28)17-21-5-3-2-4-6-21/h2-10,19H,11-18H2,1H3,(H,25,31). The molecule has 1 fully saturated rings. The molecule has 1 aliphatic heterocycles. The van der Waals surface area contributed by atoms with Gasteiger partial charge in [0.15, 0.2) is 5.16 Å². The molecule has 1 aromatic heterocycles. The minimum Gasteiger partial charge on any atom is -0.354 e. The van der Waals surface area contributed by atoms with E-state index in [-0.39, 0.29) is 5.91 Å². The molecule has 1 saturated heterocycles. The Morgan fingerprint density at radius 3 is 2.47 bits per heavy atom. The first-order valence-electron chi connectivity index (χ1n) is 11.0. The van der Waals surface area contributed by atoms with E-state index in [1.165, 1.54) is 22.9 Å². The Hall–Kier alpha value is -2.68. The fourth-order valence-electron chi connectivity index (χ4n) is 3.75. The number of nitrogens with zero attached hydrogens (tertiary/aromatic N) is 5. The summed E-state index contributed by atoms with van der Waals surface area (Å²) in [5.74, 6) is 0.353. The number of amides is 1. The zero-order chi connectivity index (χ0) is 22.2. The maximum absolute atomic E-state index is 12.3. The van der Waals surface area contributed by atoms with Gasteiger partial charge in [0.25, 0.3) is 0 Å². The molecule has 1 aliphatic rings. The first-order chi connectivity index (χ1) is 15.7.